The van der Waals surface area contributed by atoms with Crippen LogP contribution in [0.2, 0.25) is 0 Å². The summed E-state index contributed by atoms with van der Waals surface area (Å²) in [6.45, 7) is 7.58. The fourth-order valence-corrected chi connectivity index (χ4v) is 4.79. The van der Waals surface area contributed by atoms with Crippen LogP contribution in [0.15, 0.2) is 72.9 Å². The second-order valence-corrected chi connectivity index (χ2v) is 9.73. The van der Waals surface area contributed by atoms with E-state index in [1.54, 1.807) is 13.1 Å². The van der Waals surface area contributed by atoms with Crippen LogP contribution in [0.4, 0.5) is 5.82 Å². The SMILES string of the molecule is CCOC(=O)Cc1ccccc1OCc1nn(CC(C)C)c2ccc(-c3cccc4c(N)nccc34)cc12. The van der Waals surface area contributed by atoms with E-state index in [-0.39, 0.29) is 19.0 Å². The Bertz CT molecular complexity index is 1610. The lowest BCUT2D eigenvalue weighted by molar-refractivity contribution is -0.142. The minimum Gasteiger partial charge on any atom is -0.487 e. The predicted molar refractivity (Wildman–Crippen MR) is 151 cm³/mol. The van der Waals surface area contributed by atoms with E-state index in [2.05, 4.69) is 47.8 Å². The van der Waals surface area contributed by atoms with Crippen molar-refractivity contribution in [3.63, 3.8) is 0 Å². The minimum absolute atomic E-state index is 0.162. The molecule has 5 rings (SSSR count). The number of rotatable bonds is 9. The van der Waals surface area contributed by atoms with E-state index in [9.17, 15) is 4.79 Å². The molecule has 0 aliphatic rings. The third kappa shape index (κ3) is 5.18. The second kappa shape index (κ2) is 10.9. The Morgan fingerprint density at radius 2 is 1.84 bits per heavy atom. The molecule has 194 valence electrons. The molecule has 0 saturated heterocycles. The zero-order chi connectivity index (χ0) is 26.6. The summed E-state index contributed by atoms with van der Waals surface area (Å²) in [6.07, 6.45) is 1.91. The average molecular weight is 509 g/mol. The quantitative estimate of drug-likeness (QED) is 0.239. The van der Waals surface area contributed by atoms with E-state index in [1.807, 2.05) is 42.5 Å². The Labute approximate surface area is 222 Å². The van der Waals surface area contributed by atoms with Gasteiger partial charge in [-0.05, 0) is 53.6 Å². The van der Waals surface area contributed by atoms with E-state index in [1.165, 1.54) is 0 Å². The number of esters is 1. The highest BCUT2D eigenvalue weighted by molar-refractivity contribution is 6.02. The van der Waals surface area contributed by atoms with Gasteiger partial charge in [0.05, 0.1) is 18.5 Å². The number of hydrogen-bond acceptors (Lipinski definition) is 6. The van der Waals surface area contributed by atoms with Gasteiger partial charge in [0.2, 0.25) is 0 Å². The summed E-state index contributed by atoms with van der Waals surface area (Å²) < 4.78 is 13.4. The molecule has 2 N–H and O–H groups in total. The van der Waals surface area contributed by atoms with Crippen molar-refractivity contribution >= 4 is 33.5 Å². The maximum atomic E-state index is 12.1. The van der Waals surface area contributed by atoms with E-state index in [4.69, 9.17) is 20.3 Å². The minimum atomic E-state index is -0.272. The molecule has 0 aliphatic carbocycles. The van der Waals surface area contributed by atoms with Gasteiger partial charge in [0.15, 0.2) is 0 Å². The highest BCUT2D eigenvalue weighted by atomic mass is 16.5. The number of nitrogen functional groups attached to an aromatic ring is 1. The molecule has 0 fully saturated rings. The Kier molecular flexibility index (Phi) is 7.26. The molecule has 0 aliphatic heterocycles. The number of aromatic nitrogens is 3. The van der Waals surface area contributed by atoms with Gasteiger partial charge in [-0.2, -0.15) is 5.10 Å². The molecule has 7 heteroatoms. The van der Waals surface area contributed by atoms with Crippen LogP contribution in [0, 0.1) is 5.92 Å². The fraction of sp³-hybridized carbons (Fsp3) is 0.258. The summed E-state index contributed by atoms with van der Waals surface area (Å²) in [6, 6.07) is 22.1. The largest absolute Gasteiger partial charge is 0.487 e. The molecule has 0 amide bonds. The number of ether oxygens (including phenoxy) is 2. The lowest BCUT2D eigenvalue weighted by Gasteiger charge is -2.11. The maximum absolute atomic E-state index is 12.1. The number of pyridine rings is 1. The molecule has 3 aromatic carbocycles. The highest BCUT2D eigenvalue weighted by Crippen LogP contribution is 2.33. The highest BCUT2D eigenvalue weighted by Gasteiger charge is 2.16. The van der Waals surface area contributed by atoms with Gasteiger partial charge in [-0.3, -0.25) is 9.48 Å². The number of fused-ring (bicyclic) bond motifs is 2. The second-order valence-electron chi connectivity index (χ2n) is 9.73. The van der Waals surface area contributed by atoms with Crippen LogP contribution >= 0.6 is 0 Å². The summed E-state index contributed by atoms with van der Waals surface area (Å²) in [5, 5.41) is 7.97. The Morgan fingerprint density at radius 3 is 2.66 bits per heavy atom. The predicted octanol–water partition coefficient (Wildman–Crippen LogP) is 6.17. The van der Waals surface area contributed by atoms with Crippen molar-refractivity contribution in [1.29, 1.82) is 0 Å². The van der Waals surface area contributed by atoms with Crippen LogP contribution in [0.1, 0.15) is 32.0 Å². The molecule has 38 heavy (non-hydrogen) atoms. The van der Waals surface area contributed by atoms with Crippen LogP contribution in [-0.2, 0) is 29.1 Å². The van der Waals surface area contributed by atoms with Gasteiger partial charge in [-0.15, -0.1) is 0 Å². The van der Waals surface area contributed by atoms with Gasteiger partial charge in [0.25, 0.3) is 0 Å². The molecule has 2 aromatic heterocycles. The molecule has 0 spiro atoms. The smallest absolute Gasteiger partial charge is 0.310 e. The van der Waals surface area contributed by atoms with E-state index in [0.29, 0.717) is 24.1 Å². The van der Waals surface area contributed by atoms with Crippen molar-refractivity contribution in [1.82, 2.24) is 14.8 Å². The first-order valence-corrected chi connectivity index (χ1v) is 12.9. The lowest BCUT2D eigenvalue weighted by atomic mass is 9.97. The standard InChI is InChI=1S/C31H32N4O3/c1-4-37-30(36)17-22-8-5-6-11-29(22)38-19-27-26-16-21(12-13-28(26)35(34-27)18-20(2)3)23-9-7-10-25-24(23)14-15-33-31(25)32/h5-16,20H,4,17-19H2,1-3H3,(H2,32,33). The average Bonchev–Trinajstić information content (AvgIpc) is 3.24. The van der Waals surface area contributed by atoms with Crippen LogP contribution in [-0.4, -0.2) is 27.3 Å². The molecule has 0 unspecified atom stereocenters. The lowest BCUT2D eigenvalue weighted by Crippen LogP contribution is -2.09. The van der Waals surface area contributed by atoms with Crippen molar-refractivity contribution in [3.8, 4) is 16.9 Å². The third-order valence-corrected chi connectivity index (χ3v) is 6.49. The number of anilines is 1. The normalized spacial score (nSPS) is 11.4. The summed E-state index contributed by atoms with van der Waals surface area (Å²) in [5.41, 5.74) is 11.0. The molecule has 5 aromatic rings. The van der Waals surface area contributed by atoms with Crippen LogP contribution in [0.25, 0.3) is 32.8 Å². The summed E-state index contributed by atoms with van der Waals surface area (Å²) in [5.74, 6) is 1.34. The molecular formula is C31H32N4O3. The van der Waals surface area contributed by atoms with E-state index < -0.39 is 0 Å². The summed E-state index contributed by atoms with van der Waals surface area (Å²) >= 11 is 0. The number of nitrogens with two attached hydrogens (primary N) is 1. The Morgan fingerprint density at radius 1 is 1.00 bits per heavy atom. The van der Waals surface area contributed by atoms with Gasteiger partial charge in [-0.1, -0.05) is 56.3 Å². The maximum Gasteiger partial charge on any atom is 0.310 e. The first kappa shape index (κ1) is 25.3. The first-order valence-electron chi connectivity index (χ1n) is 12.9. The number of carbonyl (C=O) groups is 1. The van der Waals surface area contributed by atoms with Gasteiger partial charge in [-0.25, -0.2) is 4.98 Å². The van der Waals surface area contributed by atoms with Crippen molar-refractivity contribution in [2.45, 2.75) is 40.3 Å². The third-order valence-electron chi connectivity index (χ3n) is 6.49. The number of para-hydroxylation sites is 1. The van der Waals surface area contributed by atoms with Crippen LogP contribution in [0.3, 0.4) is 0 Å². The molecule has 0 saturated carbocycles. The summed E-state index contributed by atoms with van der Waals surface area (Å²) in [4.78, 5) is 16.3. The summed E-state index contributed by atoms with van der Waals surface area (Å²) in [7, 11) is 0. The zero-order valence-corrected chi connectivity index (χ0v) is 22.0. The van der Waals surface area contributed by atoms with Gasteiger partial charge < -0.3 is 15.2 Å². The molecule has 7 nitrogen and oxygen atoms in total. The number of carbonyl (C=O) groups excluding carboxylic acids is 1. The number of hydrogen-bond donors (Lipinski definition) is 1. The molecule has 0 bridgehead atoms. The first-order chi connectivity index (χ1) is 18.4. The molecule has 0 radical (unpaired) electrons. The van der Waals surface area contributed by atoms with E-state index >= 15 is 0 Å². The Hall–Kier alpha value is -4.39. The van der Waals surface area contributed by atoms with Gasteiger partial charge in [0.1, 0.15) is 23.9 Å². The topological polar surface area (TPSA) is 92.3 Å². The number of nitrogens with zero attached hydrogens (tertiary/aromatic N) is 3. The van der Waals surface area contributed by atoms with Crippen molar-refractivity contribution in [2.24, 2.45) is 5.92 Å². The molecule has 2 heterocycles. The Balaban J connectivity index is 1.53. The van der Waals surface area contributed by atoms with Crippen LogP contribution in [0.5, 0.6) is 5.75 Å². The van der Waals surface area contributed by atoms with E-state index in [0.717, 1.165) is 50.6 Å². The van der Waals surface area contributed by atoms with Crippen molar-refractivity contribution < 1.29 is 14.3 Å². The van der Waals surface area contributed by atoms with Gasteiger partial charge in [0, 0.05) is 29.1 Å². The molecular weight excluding hydrogens is 476 g/mol. The van der Waals surface area contributed by atoms with Crippen molar-refractivity contribution in [3.05, 3.63) is 84.2 Å². The van der Waals surface area contributed by atoms with Crippen molar-refractivity contribution in [2.75, 3.05) is 12.3 Å². The monoisotopic (exact) mass is 508 g/mol. The molecule has 0 atom stereocenters. The zero-order valence-electron chi connectivity index (χ0n) is 22.0. The fourth-order valence-electron chi connectivity index (χ4n) is 4.79. The van der Waals surface area contributed by atoms with Gasteiger partial charge >= 0.3 is 5.97 Å². The van der Waals surface area contributed by atoms with Crippen LogP contribution < -0.4 is 10.5 Å². The number of benzene rings is 3.